The summed E-state index contributed by atoms with van der Waals surface area (Å²) in [5.74, 6) is -0.822. The molecule has 37 heavy (non-hydrogen) atoms. The number of rotatable bonds is 6. The number of aromatic nitrogens is 2. The number of amides is 1. The lowest BCUT2D eigenvalue weighted by molar-refractivity contribution is -0.129. The summed E-state index contributed by atoms with van der Waals surface area (Å²) < 4.78 is 1.00. The predicted octanol–water partition coefficient (Wildman–Crippen LogP) is 0.286. The minimum atomic E-state index is -1.04. The van der Waals surface area contributed by atoms with E-state index in [9.17, 15) is 20.1 Å². The first-order valence-electron chi connectivity index (χ1n) is 12.8. The quantitative estimate of drug-likeness (QED) is 0.268. The third-order valence-corrected chi connectivity index (χ3v) is 9.12. The van der Waals surface area contributed by atoms with Gasteiger partial charge in [-0.05, 0) is 48.6 Å². The van der Waals surface area contributed by atoms with Crippen molar-refractivity contribution in [2.75, 3.05) is 19.7 Å². The molecule has 0 bridgehead atoms. The van der Waals surface area contributed by atoms with Crippen LogP contribution in [0.4, 0.5) is 0 Å². The molecule has 2 aromatic heterocycles. The zero-order valence-electron chi connectivity index (χ0n) is 20.3. The van der Waals surface area contributed by atoms with Gasteiger partial charge in [0.15, 0.2) is 0 Å². The molecular weight excluding hydrogens is 492 g/mol. The number of fused-ring (bicyclic) bond motifs is 1. The van der Waals surface area contributed by atoms with E-state index in [1.54, 1.807) is 0 Å². The number of benzene rings is 1. The molecule has 1 saturated carbocycles. The molecule has 1 aromatic carbocycles. The summed E-state index contributed by atoms with van der Waals surface area (Å²) in [5, 5.41) is 41.5. The Labute approximate surface area is 218 Å². The van der Waals surface area contributed by atoms with Crippen LogP contribution in [0.25, 0.3) is 10.2 Å². The molecule has 2 saturated heterocycles. The highest BCUT2D eigenvalue weighted by atomic mass is 32.1. The van der Waals surface area contributed by atoms with Crippen LogP contribution in [0.15, 0.2) is 48.8 Å². The number of aliphatic hydroxyl groups is 3. The summed E-state index contributed by atoms with van der Waals surface area (Å²) in [6.45, 7) is 1.40. The summed E-state index contributed by atoms with van der Waals surface area (Å²) in [4.78, 5) is 24.7. The van der Waals surface area contributed by atoms with Gasteiger partial charge >= 0.3 is 0 Å². The molecule has 10 nitrogen and oxygen atoms in total. The van der Waals surface area contributed by atoms with Crippen molar-refractivity contribution in [2.24, 2.45) is 5.92 Å². The lowest BCUT2D eigenvalue weighted by Crippen LogP contribution is -2.70. The number of likely N-dealkylation sites (tertiary alicyclic amines) is 1. The van der Waals surface area contributed by atoms with E-state index in [1.807, 2.05) is 48.8 Å². The highest BCUT2D eigenvalue weighted by molar-refractivity contribution is 7.18. The minimum absolute atomic E-state index is 0.139. The Bertz CT molecular complexity index is 1210. The second-order valence-electron chi connectivity index (χ2n) is 10.2. The Kier molecular flexibility index (Phi) is 6.93. The van der Waals surface area contributed by atoms with Crippen molar-refractivity contribution in [1.82, 2.24) is 30.8 Å². The van der Waals surface area contributed by atoms with Crippen LogP contribution >= 0.6 is 11.3 Å². The maximum Gasteiger partial charge on any atom is 0.235 e. The van der Waals surface area contributed by atoms with Gasteiger partial charge in [0.25, 0.3) is 0 Å². The zero-order valence-corrected chi connectivity index (χ0v) is 21.1. The van der Waals surface area contributed by atoms with E-state index in [0.29, 0.717) is 17.3 Å². The van der Waals surface area contributed by atoms with Gasteiger partial charge in [0.05, 0.1) is 28.6 Å². The number of thiazole rings is 1. The molecular formula is C26H32N6O4S. The molecule has 4 heterocycles. The number of pyridine rings is 1. The Balaban J connectivity index is 1.25. The Hall–Kier alpha value is -2.51. The minimum Gasteiger partial charge on any atom is -0.396 e. The van der Waals surface area contributed by atoms with E-state index in [4.69, 9.17) is 4.98 Å². The zero-order chi connectivity index (χ0) is 25.5. The largest absolute Gasteiger partial charge is 0.396 e. The first kappa shape index (κ1) is 24.8. The number of aliphatic hydroxyl groups excluding tert-OH is 3. The summed E-state index contributed by atoms with van der Waals surface area (Å²) in [7, 11) is 0. The van der Waals surface area contributed by atoms with Crippen molar-refractivity contribution in [1.29, 1.82) is 0 Å². The first-order chi connectivity index (χ1) is 18.0. The molecule has 0 spiro atoms. The molecule has 0 radical (unpaired) electrons. The molecule has 2 aliphatic heterocycles. The maximum absolute atomic E-state index is 13.6. The molecule has 4 unspecified atom stereocenters. The van der Waals surface area contributed by atoms with Crippen molar-refractivity contribution < 1.29 is 20.1 Å². The van der Waals surface area contributed by atoms with Crippen LogP contribution in [0.5, 0.6) is 0 Å². The van der Waals surface area contributed by atoms with Crippen LogP contribution in [0.2, 0.25) is 0 Å². The fourth-order valence-corrected chi connectivity index (χ4v) is 7.04. The monoisotopic (exact) mass is 524 g/mol. The second kappa shape index (κ2) is 10.3. The molecule has 1 aliphatic carbocycles. The number of nitrogens with zero attached hydrogens (tertiary/aromatic N) is 3. The van der Waals surface area contributed by atoms with Gasteiger partial charge in [-0.3, -0.25) is 25.3 Å². The maximum atomic E-state index is 13.6. The van der Waals surface area contributed by atoms with E-state index in [-0.39, 0.29) is 18.8 Å². The van der Waals surface area contributed by atoms with Gasteiger partial charge in [-0.25, -0.2) is 4.98 Å². The number of hydrogen-bond donors (Lipinski definition) is 6. The average molecular weight is 525 g/mol. The van der Waals surface area contributed by atoms with Crippen molar-refractivity contribution >= 4 is 27.5 Å². The molecule has 196 valence electrons. The van der Waals surface area contributed by atoms with E-state index in [1.165, 1.54) is 16.9 Å². The number of para-hydroxylation sites is 1. The van der Waals surface area contributed by atoms with E-state index in [2.05, 4.69) is 25.8 Å². The number of nitrogens with one attached hydrogen (secondary N) is 3. The summed E-state index contributed by atoms with van der Waals surface area (Å²) in [5.41, 5.74) is 2.08. The van der Waals surface area contributed by atoms with Crippen LogP contribution in [0, 0.1) is 5.92 Å². The van der Waals surface area contributed by atoms with Crippen LogP contribution in [0.3, 0.4) is 0 Å². The van der Waals surface area contributed by atoms with Crippen molar-refractivity contribution in [2.45, 2.75) is 55.4 Å². The van der Waals surface area contributed by atoms with Gasteiger partial charge in [0.2, 0.25) is 5.91 Å². The Morgan fingerprint density at radius 1 is 1.14 bits per heavy atom. The van der Waals surface area contributed by atoms with Gasteiger partial charge in [0.1, 0.15) is 17.2 Å². The van der Waals surface area contributed by atoms with Gasteiger partial charge < -0.3 is 20.6 Å². The summed E-state index contributed by atoms with van der Waals surface area (Å²) in [6.07, 6.45) is 2.03. The van der Waals surface area contributed by atoms with Gasteiger partial charge in [0, 0.05) is 44.0 Å². The number of carbonyl (C=O) groups excluding carboxylic acids is 1. The first-order valence-corrected chi connectivity index (χ1v) is 13.6. The Morgan fingerprint density at radius 2 is 1.95 bits per heavy atom. The molecule has 1 amide bonds. The molecule has 3 fully saturated rings. The molecule has 11 heteroatoms. The highest BCUT2D eigenvalue weighted by Crippen LogP contribution is 2.34. The summed E-state index contributed by atoms with van der Waals surface area (Å²) >= 11 is 1.48. The second-order valence-corrected chi connectivity index (χ2v) is 11.3. The van der Waals surface area contributed by atoms with Crippen molar-refractivity contribution in [3.63, 3.8) is 0 Å². The molecule has 6 N–H and O–H groups in total. The van der Waals surface area contributed by atoms with Crippen molar-refractivity contribution in [3.8, 4) is 0 Å². The number of hydrogen-bond acceptors (Lipinski definition) is 10. The smallest absolute Gasteiger partial charge is 0.235 e. The van der Waals surface area contributed by atoms with Gasteiger partial charge in [-0.15, -0.1) is 11.3 Å². The number of carbonyl (C=O) groups is 1. The average Bonchev–Trinajstić information content (AvgIpc) is 3.63. The standard InChI is InChI=1S/C26H32N6O4S/c33-13-16-11-18(22(35)21(16)34)28-23-20(25-29-17-3-1-2-4-19(17)37-25)24(36)31-26(30-23)32-10-7-15(12-32)14-5-8-27-9-6-14/h1-6,8-9,15-16,18,20-23,26,28,30,33-35H,7,10-13H2,(H,31,36)/t15?,16-,18-,20?,21-,22+,23?,26?/m1/s1. The molecule has 3 aliphatic rings. The lowest BCUT2D eigenvalue weighted by atomic mass is 10.00. The van der Waals surface area contributed by atoms with Gasteiger partial charge in [-0.2, -0.15) is 0 Å². The fraction of sp³-hybridized carbons (Fsp3) is 0.500. The molecule has 8 atom stereocenters. The Morgan fingerprint density at radius 3 is 2.70 bits per heavy atom. The van der Waals surface area contributed by atoms with Crippen LogP contribution in [-0.4, -0.2) is 86.5 Å². The van der Waals surface area contributed by atoms with Gasteiger partial charge in [-0.1, -0.05) is 12.1 Å². The van der Waals surface area contributed by atoms with Crippen LogP contribution in [-0.2, 0) is 4.79 Å². The molecule has 3 aromatic rings. The SMILES string of the molecule is O=C1NC(N2CCC(c3ccncc3)C2)NC(N[C@@H]2C[C@H](CO)[C@@H](O)[C@H]2O)C1c1nc2ccccc2s1. The highest BCUT2D eigenvalue weighted by Gasteiger charge is 2.47. The third-order valence-electron chi connectivity index (χ3n) is 8.00. The summed E-state index contributed by atoms with van der Waals surface area (Å²) in [6, 6.07) is 11.4. The third kappa shape index (κ3) is 4.76. The predicted molar refractivity (Wildman–Crippen MR) is 139 cm³/mol. The van der Waals surface area contributed by atoms with Crippen LogP contribution < -0.4 is 16.0 Å². The van der Waals surface area contributed by atoms with E-state index in [0.717, 1.165) is 29.7 Å². The topological polar surface area (TPSA) is 143 Å². The van der Waals surface area contributed by atoms with E-state index < -0.39 is 36.3 Å². The van der Waals surface area contributed by atoms with E-state index >= 15 is 0 Å². The fourth-order valence-electron chi connectivity index (χ4n) is 5.93. The van der Waals surface area contributed by atoms with Crippen LogP contribution in [0.1, 0.15) is 35.2 Å². The molecule has 6 rings (SSSR count). The lowest BCUT2D eigenvalue weighted by Gasteiger charge is -2.42. The van der Waals surface area contributed by atoms with Crippen molar-refractivity contribution in [3.05, 3.63) is 59.4 Å². The normalized spacial score (nSPS) is 34.7.